The van der Waals surface area contributed by atoms with Crippen LogP contribution in [-0.4, -0.2) is 42.5 Å². The zero-order valence-electron chi connectivity index (χ0n) is 13.4. The Morgan fingerprint density at radius 3 is 2.35 bits per heavy atom. The number of piperazine rings is 1. The van der Waals surface area contributed by atoms with Crippen LogP contribution in [0.5, 0.6) is 0 Å². The van der Waals surface area contributed by atoms with Crippen molar-refractivity contribution in [3.05, 3.63) is 76.3 Å². The van der Waals surface area contributed by atoms with Gasteiger partial charge in [0, 0.05) is 43.7 Å². The number of nitrogens with zero attached hydrogens (tertiary/aromatic N) is 2. The Morgan fingerprint density at radius 2 is 1.61 bits per heavy atom. The monoisotopic (exact) mass is 370 g/mol. The maximum atomic E-state index is 3.55. The lowest BCUT2D eigenvalue weighted by Crippen LogP contribution is -2.45. The highest BCUT2D eigenvalue weighted by Gasteiger charge is 2.15. The topological polar surface area (TPSA) is 6.48 Å². The molecule has 0 radical (unpaired) electrons. The Morgan fingerprint density at radius 1 is 0.870 bits per heavy atom. The molecule has 3 rings (SSSR count). The molecule has 0 spiro atoms. The summed E-state index contributed by atoms with van der Waals surface area (Å²) in [6, 6.07) is 19.1. The van der Waals surface area contributed by atoms with Crippen molar-refractivity contribution in [3.8, 4) is 0 Å². The summed E-state index contributed by atoms with van der Waals surface area (Å²) < 4.78 is 1.17. The van der Waals surface area contributed by atoms with Crippen molar-refractivity contribution in [2.45, 2.75) is 6.54 Å². The van der Waals surface area contributed by atoms with Crippen molar-refractivity contribution in [2.75, 3.05) is 32.7 Å². The van der Waals surface area contributed by atoms with Crippen LogP contribution >= 0.6 is 15.9 Å². The zero-order chi connectivity index (χ0) is 15.9. The van der Waals surface area contributed by atoms with Crippen LogP contribution in [0.4, 0.5) is 0 Å². The van der Waals surface area contributed by atoms with Gasteiger partial charge in [0.25, 0.3) is 0 Å². The van der Waals surface area contributed by atoms with E-state index in [0.717, 1.165) is 39.3 Å². The van der Waals surface area contributed by atoms with Crippen LogP contribution in [-0.2, 0) is 6.54 Å². The van der Waals surface area contributed by atoms with Gasteiger partial charge in [0.15, 0.2) is 0 Å². The molecule has 23 heavy (non-hydrogen) atoms. The van der Waals surface area contributed by atoms with E-state index in [1.54, 1.807) is 0 Å². The molecular formula is C20H23BrN2. The van der Waals surface area contributed by atoms with Gasteiger partial charge in [-0.3, -0.25) is 9.80 Å². The molecule has 0 amide bonds. The van der Waals surface area contributed by atoms with Crippen molar-refractivity contribution >= 4 is 22.0 Å². The van der Waals surface area contributed by atoms with Gasteiger partial charge in [0.05, 0.1) is 0 Å². The molecule has 0 aromatic heterocycles. The maximum absolute atomic E-state index is 3.55. The summed E-state index contributed by atoms with van der Waals surface area (Å²) in [5.41, 5.74) is 2.66. The Hall–Kier alpha value is -1.42. The highest BCUT2D eigenvalue weighted by atomic mass is 79.9. The number of halogens is 1. The van der Waals surface area contributed by atoms with Crippen LogP contribution < -0.4 is 0 Å². The van der Waals surface area contributed by atoms with Crippen LogP contribution in [0.2, 0.25) is 0 Å². The highest BCUT2D eigenvalue weighted by Crippen LogP contribution is 2.14. The molecule has 0 unspecified atom stereocenters. The van der Waals surface area contributed by atoms with Crippen molar-refractivity contribution in [2.24, 2.45) is 0 Å². The van der Waals surface area contributed by atoms with Gasteiger partial charge >= 0.3 is 0 Å². The van der Waals surface area contributed by atoms with Crippen molar-refractivity contribution in [1.82, 2.24) is 9.80 Å². The maximum Gasteiger partial charge on any atom is 0.0235 e. The molecule has 1 aliphatic rings. The van der Waals surface area contributed by atoms with E-state index in [1.807, 2.05) is 0 Å². The van der Waals surface area contributed by atoms with Gasteiger partial charge in [-0.1, -0.05) is 70.5 Å². The molecule has 3 heteroatoms. The van der Waals surface area contributed by atoms with Crippen LogP contribution in [0.1, 0.15) is 11.1 Å². The van der Waals surface area contributed by atoms with Crippen LogP contribution in [0.3, 0.4) is 0 Å². The summed E-state index contributed by atoms with van der Waals surface area (Å²) in [6.07, 6.45) is 4.49. The van der Waals surface area contributed by atoms with Gasteiger partial charge in [0.2, 0.25) is 0 Å². The molecule has 2 aromatic rings. The van der Waals surface area contributed by atoms with E-state index in [-0.39, 0.29) is 0 Å². The van der Waals surface area contributed by atoms with E-state index in [9.17, 15) is 0 Å². The number of rotatable bonds is 5. The Kier molecular flexibility index (Phi) is 6.03. The SMILES string of the molecule is Brc1cccc(CN2CCN(CC=Cc3ccccc3)CC2)c1. The van der Waals surface area contributed by atoms with Gasteiger partial charge in [-0.25, -0.2) is 0 Å². The van der Waals surface area contributed by atoms with Gasteiger partial charge in [-0.15, -0.1) is 0 Å². The largest absolute Gasteiger partial charge is 0.297 e. The van der Waals surface area contributed by atoms with Gasteiger partial charge in [0.1, 0.15) is 0 Å². The molecule has 0 aliphatic carbocycles. The highest BCUT2D eigenvalue weighted by molar-refractivity contribution is 9.10. The number of benzene rings is 2. The van der Waals surface area contributed by atoms with E-state index in [0.29, 0.717) is 0 Å². The lowest BCUT2D eigenvalue weighted by Gasteiger charge is -2.34. The molecule has 2 nitrogen and oxygen atoms in total. The van der Waals surface area contributed by atoms with Crippen LogP contribution in [0.15, 0.2) is 65.1 Å². The predicted octanol–water partition coefficient (Wildman–Crippen LogP) is 4.28. The fraction of sp³-hybridized carbons (Fsp3) is 0.300. The van der Waals surface area contributed by atoms with E-state index >= 15 is 0 Å². The normalized spacial score (nSPS) is 16.9. The molecule has 1 saturated heterocycles. The second kappa shape index (κ2) is 8.44. The average Bonchev–Trinajstić information content (AvgIpc) is 2.58. The van der Waals surface area contributed by atoms with E-state index in [4.69, 9.17) is 0 Å². The molecule has 120 valence electrons. The Bertz CT molecular complexity index is 631. The fourth-order valence-corrected chi connectivity index (χ4v) is 3.37. The number of hydrogen-bond donors (Lipinski definition) is 0. The van der Waals surface area contributed by atoms with Gasteiger partial charge < -0.3 is 0 Å². The minimum atomic E-state index is 1.04. The van der Waals surface area contributed by atoms with Gasteiger partial charge in [-0.05, 0) is 23.3 Å². The first-order valence-electron chi connectivity index (χ1n) is 8.20. The molecule has 2 aromatic carbocycles. The third-order valence-corrected chi connectivity index (χ3v) is 4.73. The summed E-state index contributed by atoms with van der Waals surface area (Å²) in [5, 5.41) is 0. The van der Waals surface area contributed by atoms with Crippen LogP contribution in [0, 0.1) is 0 Å². The molecule has 1 aliphatic heterocycles. The third kappa shape index (κ3) is 5.31. The first-order valence-corrected chi connectivity index (χ1v) is 9.00. The Balaban J connectivity index is 1.42. The fourth-order valence-electron chi connectivity index (χ4n) is 2.93. The van der Waals surface area contributed by atoms with E-state index in [2.05, 4.69) is 92.5 Å². The van der Waals surface area contributed by atoms with Crippen molar-refractivity contribution in [1.29, 1.82) is 0 Å². The zero-order valence-corrected chi connectivity index (χ0v) is 15.0. The summed E-state index contributed by atoms with van der Waals surface area (Å²) in [4.78, 5) is 5.07. The summed E-state index contributed by atoms with van der Waals surface area (Å²) in [7, 11) is 0. The van der Waals surface area contributed by atoms with E-state index < -0.39 is 0 Å². The van der Waals surface area contributed by atoms with E-state index in [1.165, 1.54) is 15.6 Å². The lowest BCUT2D eigenvalue weighted by molar-refractivity contribution is 0.137. The quantitative estimate of drug-likeness (QED) is 0.774. The van der Waals surface area contributed by atoms with Crippen molar-refractivity contribution < 1.29 is 0 Å². The molecular weight excluding hydrogens is 348 g/mol. The average molecular weight is 371 g/mol. The van der Waals surface area contributed by atoms with Crippen molar-refractivity contribution in [3.63, 3.8) is 0 Å². The smallest absolute Gasteiger partial charge is 0.0235 e. The molecule has 0 saturated carbocycles. The third-order valence-electron chi connectivity index (χ3n) is 4.23. The first-order chi connectivity index (χ1) is 11.3. The molecule has 1 heterocycles. The molecule has 1 fully saturated rings. The minimum Gasteiger partial charge on any atom is -0.297 e. The summed E-state index contributed by atoms with van der Waals surface area (Å²) in [6.45, 7) is 6.67. The Labute approximate surface area is 147 Å². The summed E-state index contributed by atoms with van der Waals surface area (Å²) >= 11 is 3.55. The first kappa shape index (κ1) is 16.4. The molecule has 0 N–H and O–H groups in total. The summed E-state index contributed by atoms with van der Waals surface area (Å²) in [5.74, 6) is 0. The van der Waals surface area contributed by atoms with Gasteiger partial charge in [-0.2, -0.15) is 0 Å². The van der Waals surface area contributed by atoms with Crippen LogP contribution in [0.25, 0.3) is 6.08 Å². The lowest BCUT2D eigenvalue weighted by atomic mass is 10.2. The second-order valence-electron chi connectivity index (χ2n) is 6.02. The second-order valence-corrected chi connectivity index (χ2v) is 6.94. The standard InChI is InChI=1S/C20H23BrN2/c21-20-10-4-8-19(16-20)17-23-14-12-22(13-15-23)11-5-9-18-6-2-1-3-7-18/h1-10,16H,11-15,17H2. The minimum absolute atomic E-state index is 1.04. The molecule has 0 atom stereocenters. The molecule has 0 bridgehead atoms. The predicted molar refractivity (Wildman–Crippen MR) is 101 cm³/mol. The number of hydrogen-bond acceptors (Lipinski definition) is 2.